The molecule has 1 aromatic rings. The van der Waals surface area contributed by atoms with Gasteiger partial charge in [0.15, 0.2) is 0 Å². The van der Waals surface area contributed by atoms with Gasteiger partial charge in [0.2, 0.25) is 6.04 Å². The molecule has 0 saturated carbocycles. The highest BCUT2D eigenvalue weighted by Crippen LogP contribution is 2.14. The fourth-order valence-electron chi connectivity index (χ4n) is 2.28. The van der Waals surface area contributed by atoms with Crippen molar-refractivity contribution in [3.63, 3.8) is 0 Å². The number of hydrogen-bond acceptors (Lipinski definition) is 4. The average Bonchev–Trinajstić information content (AvgIpc) is 2.72. The van der Waals surface area contributed by atoms with Crippen molar-refractivity contribution >= 4 is 6.09 Å². The largest absolute Gasteiger partial charge is 0.445 e. The van der Waals surface area contributed by atoms with Gasteiger partial charge in [-0.05, 0) is 12.0 Å². The number of benzene rings is 1. The molecule has 1 atom stereocenters. The smallest absolute Gasteiger partial charge is 0.410 e. The van der Waals surface area contributed by atoms with Gasteiger partial charge < -0.3 is 9.64 Å². The van der Waals surface area contributed by atoms with E-state index in [9.17, 15) is 14.9 Å². The standard InChI is InChI=1S/C14H18N2O4/c17-14(20-11-12-5-2-1-3-6-12)15-9-4-7-13(8-10-15)16(18)19/h1-3,5-6,13H,4,7-11H2/t13-/m1/s1. The summed E-state index contributed by atoms with van der Waals surface area (Å²) in [5.74, 6) is 0. The molecule has 0 aliphatic carbocycles. The SMILES string of the molecule is O=C(OCc1ccccc1)N1CCC[C@@H]([N+](=O)[O-])CC1. The van der Waals surface area contributed by atoms with Crippen LogP contribution in [-0.2, 0) is 11.3 Å². The molecule has 0 unspecified atom stereocenters. The lowest BCUT2D eigenvalue weighted by atomic mass is 10.1. The number of hydrogen-bond donors (Lipinski definition) is 0. The van der Waals surface area contributed by atoms with Gasteiger partial charge in [0.1, 0.15) is 6.61 Å². The zero-order valence-electron chi connectivity index (χ0n) is 11.2. The number of carbonyl (C=O) groups excluding carboxylic acids is 1. The molecule has 1 saturated heterocycles. The Labute approximate surface area is 117 Å². The molecule has 0 aromatic heterocycles. The van der Waals surface area contributed by atoms with Crippen molar-refractivity contribution in [3.05, 3.63) is 46.0 Å². The van der Waals surface area contributed by atoms with Crippen molar-refractivity contribution in [1.29, 1.82) is 0 Å². The second-order valence-electron chi connectivity index (χ2n) is 4.90. The molecule has 6 heteroatoms. The van der Waals surface area contributed by atoms with E-state index in [1.807, 2.05) is 30.3 Å². The molecule has 1 fully saturated rings. The van der Waals surface area contributed by atoms with Crippen molar-refractivity contribution < 1.29 is 14.5 Å². The predicted molar refractivity (Wildman–Crippen MR) is 72.8 cm³/mol. The topological polar surface area (TPSA) is 72.7 Å². The van der Waals surface area contributed by atoms with Crippen LogP contribution < -0.4 is 0 Å². The first-order valence-corrected chi connectivity index (χ1v) is 6.76. The Kier molecular flexibility index (Phi) is 4.92. The summed E-state index contributed by atoms with van der Waals surface area (Å²) < 4.78 is 5.24. The summed E-state index contributed by atoms with van der Waals surface area (Å²) in [5.41, 5.74) is 0.929. The number of nitro groups is 1. The Hall–Kier alpha value is -2.11. The fourth-order valence-corrected chi connectivity index (χ4v) is 2.28. The Morgan fingerprint density at radius 3 is 2.75 bits per heavy atom. The van der Waals surface area contributed by atoms with Gasteiger partial charge in [-0.3, -0.25) is 10.1 Å². The van der Waals surface area contributed by atoms with Gasteiger partial charge in [-0.1, -0.05) is 30.3 Å². The van der Waals surface area contributed by atoms with E-state index in [1.165, 1.54) is 0 Å². The molecule has 0 spiro atoms. The highest BCUT2D eigenvalue weighted by atomic mass is 16.6. The molecule has 1 aliphatic rings. The van der Waals surface area contributed by atoms with Gasteiger partial charge in [0.25, 0.3) is 0 Å². The maximum absolute atomic E-state index is 11.9. The molecule has 1 aliphatic heterocycles. The van der Waals surface area contributed by atoms with Gasteiger partial charge >= 0.3 is 6.09 Å². The summed E-state index contributed by atoms with van der Waals surface area (Å²) in [6.45, 7) is 1.14. The van der Waals surface area contributed by atoms with E-state index < -0.39 is 12.1 Å². The number of ether oxygens (including phenoxy) is 1. The van der Waals surface area contributed by atoms with Crippen molar-refractivity contribution in [2.75, 3.05) is 13.1 Å². The van der Waals surface area contributed by atoms with Gasteiger partial charge in [-0.2, -0.15) is 0 Å². The van der Waals surface area contributed by atoms with Crippen LogP contribution in [0.5, 0.6) is 0 Å². The Morgan fingerprint density at radius 2 is 2.05 bits per heavy atom. The van der Waals surface area contributed by atoms with Crippen molar-refractivity contribution in [2.24, 2.45) is 0 Å². The first-order valence-electron chi connectivity index (χ1n) is 6.76. The minimum Gasteiger partial charge on any atom is -0.445 e. The number of amides is 1. The van der Waals surface area contributed by atoms with Gasteiger partial charge in [-0.25, -0.2) is 4.79 Å². The van der Waals surface area contributed by atoms with Crippen LogP contribution in [-0.4, -0.2) is 35.0 Å². The maximum atomic E-state index is 11.9. The van der Waals surface area contributed by atoms with E-state index in [-0.39, 0.29) is 11.5 Å². The molecular formula is C14H18N2O4. The Balaban J connectivity index is 1.82. The Morgan fingerprint density at radius 1 is 1.30 bits per heavy atom. The van der Waals surface area contributed by atoms with Crippen LogP contribution >= 0.6 is 0 Å². The molecule has 0 N–H and O–H groups in total. The molecule has 0 bridgehead atoms. The van der Waals surface area contributed by atoms with Crippen LogP contribution in [0.2, 0.25) is 0 Å². The molecule has 1 amide bonds. The number of nitrogens with zero attached hydrogens (tertiary/aromatic N) is 2. The first kappa shape index (κ1) is 14.3. The zero-order chi connectivity index (χ0) is 14.4. The lowest BCUT2D eigenvalue weighted by Gasteiger charge is -2.19. The van der Waals surface area contributed by atoms with E-state index in [1.54, 1.807) is 4.90 Å². The number of likely N-dealkylation sites (tertiary alicyclic amines) is 1. The van der Waals surface area contributed by atoms with Crippen LogP contribution in [0.15, 0.2) is 30.3 Å². The molecule has 1 aromatic carbocycles. The second kappa shape index (κ2) is 6.88. The minimum atomic E-state index is -0.540. The van der Waals surface area contributed by atoms with Crippen molar-refractivity contribution in [1.82, 2.24) is 4.90 Å². The van der Waals surface area contributed by atoms with Crippen LogP contribution in [0.3, 0.4) is 0 Å². The van der Waals surface area contributed by atoms with Crippen LogP contribution in [0.25, 0.3) is 0 Å². The summed E-state index contributed by atoms with van der Waals surface area (Å²) in [6.07, 6.45) is 1.17. The predicted octanol–water partition coefficient (Wildman–Crippen LogP) is 2.45. The van der Waals surface area contributed by atoms with E-state index in [0.29, 0.717) is 32.4 Å². The molecule has 2 rings (SSSR count). The van der Waals surface area contributed by atoms with Gasteiger partial charge in [-0.15, -0.1) is 0 Å². The van der Waals surface area contributed by atoms with E-state index >= 15 is 0 Å². The van der Waals surface area contributed by atoms with E-state index in [0.717, 1.165) is 5.56 Å². The number of carbonyl (C=O) groups is 1. The monoisotopic (exact) mass is 278 g/mol. The van der Waals surface area contributed by atoms with Gasteiger partial charge in [0, 0.05) is 30.9 Å². The molecule has 1 heterocycles. The minimum absolute atomic E-state index is 0.231. The van der Waals surface area contributed by atoms with E-state index in [4.69, 9.17) is 4.74 Å². The first-order chi connectivity index (χ1) is 9.66. The molecule has 0 radical (unpaired) electrons. The fraction of sp³-hybridized carbons (Fsp3) is 0.500. The van der Waals surface area contributed by atoms with Crippen LogP contribution in [0, 0.1) is 10.1 Å². The lowest BCUT2D eigenvalue weighted by Crippen LogP contribution is -2.33. The lowest BCUT2D eigenvalue weighted by molar-refractivity contribution is -0.523. The summed E-state index contributed by atoms with van der Waals surface area (Å²) in [5, 5.41) is 10.8. The van der Waals surface area contributed by atoms with Gasteiger partial charge in [0.05, 0.1) is 0 Å². The molecule has 20 heavy (non-hydrogen) atoms. The molecular weight excluding hydrogens is 260 g/mol. The van der Waals surface area contributed by atoms with Crippen LogP contribution in [0.1, 0.15) is 24.8 Å². The van der Waals surface area contributed by atoms with Crippen LogP contribution in [0.4, 0.5) is 4.79 Å². The maximum Gasteiger partial charge on any atom is 0.410 e. The summed E-state index contributed by atoms with van der Waals surface area (Å²) in [6, 6.07) is 8.91. The third kappa shape index (κ3) is 3.94. The highest BCUT2D eigenvalue weighted by Gasteiger charge is 2.27. The third-order valence-electron chi connectivity index (χ3n) is 3.46. The van der Waals surface area contributed by atoms with Crippen molar-refractivity contribution in [2.45, 2.75) is 31.9 Å². The zero-order valence-corrected chi connectivity index (χ0v) is 11.2. The normalized spacial score (nSPS) is 19.2. The second-order valence-corrected chi connectivity index (χ2v) is 4.90. The summed E-state index contributed by atoms with van der Waals surface area (Å²) >= 11 is 0. The average molecular weight is 278 g/mol. The Bertz CT molecular complexity index is 464. The summed E-state index contributed by atoms with van der Waals surface area (Å²) in [7, 11) is 0. The molecule has 108 valence electrons. The summed E-state index contributed by atoms with van der Waals surface area (Å²) in [4.78, 5) is 24.0. The highest BCUT2D eigenvalue weighted by molar-refractivity contribution is 5.67. The quantitative estimate of drug-likeness (QED) is 0.629. The van der Waals surface area contributed by atoms with Crippen molar-refractivity contribution in [3.8, 4) is 0 Å². The van der Waals surface area contributed by atoms with E-state index in [2.05, 4.69) is 0 Å². The number of rotatable bonds is 3. The molecule has 6 nitrogen and oxygen atoms in total. The third-order valence-corrected chi connectivity index (χ3v) is 3.46.